The van der Waals surface area contributed by atoms with Gasteiger partial charge in [0.15, 0.2) is 9.84 Å². The molecule has 1 aliphatic heterocycles. The summed E-state index contributed by atoms with van der Waals surface area (Å²) in [5.41, 5.74) is 5.50. The second-order valence-electron chi connectivity index (χ2n) is 5.35. The molecule has 112 valence electrons. The van der Waals surface area contributed by atoms with Crippen molar-refractivity contribution in [1.82, 2.24) is 4.90 Å². The Morgan fingerprint density at radius 1 is 1.20 bits per heavy atom. The van der Waals surface area contributed by atoms with Crippen LogP contribution in [0.5, 0.6) is 0 Å². The molecule has 1 aromatic carbocycles. The number of benzene rings is 1. The maximum atomic E-state index is 11.4. The summed E-state index contributed by atoms with van der Waals surface area (Å²) >= 11 is 0. The predicted molar refractivity (Wildman–Crippen MR) is 79.1 cm³/mol. The Bertz CT molecular complexity index is 519. The van der Waals surface area contributed by atoms with E-state index in [1.165, 1.54) is 0 Å². The zero-order chi connectivity index (χ0) is 14.6. The highest BCUT2D eigenvalue weighted by Gasteiger charge is 2.29. The molecule has 20 heavy (non-hydrogen) atoms. The minimum atomic E-state index is -2.86. The molecule has 1 unspecified atom stereocenters. The Labute approximate surface area is 120 Å². The van der Waals surface area contributed by atoms with Crippen LogP contribution < -0.4 is 5.73 Å². The number of hydrogen-bond acceptors (Lipinski definition) is 5. The average Bonchev–Trinajstić information content (AvgIpc) is 2.47. The van der Waals surface area contributed by atoms with Crippen LogP contribution in [0.4, 0.5) is 0 Å². The molecule has 1 heterocycles. The Kier molecular flexibility index (Phi) is 4.80. The highest BCUT2D eigenvalue weighted by molar-refractivity contribution is 7.91. The fraction of sp³-hybridized carbons (Fsp3) is 0.571. The van der Waals surface area contributed by atoms with Crippen molar-refractivity contribution >= 4 is 9.84 Å². The maximum Gasteiger partial charge on any atom is 0.152 e. The number of aliphatic hydroxyl groups is 1. The summed E-state index contributed by atoms with van der Waals surface area (Å²) in [5, 5.41) is 10.7. The number of rotatable bonds is 5. The molecule has 6 heteroatoms. The SMILES string of the molecule is NCC(O)(CCN1CCS(=O)(=O)CC1)c1ccccc1. The van der Waals surface area contributed by atoms with E-state index in [1.807, 2.05) is 30.3 Å². The van der Waals surface area contributed by atoms with E-state index in [4.69, 9.17) is 5.73 Å². The van der Waals surface area contributed by atoms with Crippen LogP contribution in [0.2, 0.25) is 0 Å². The third kappa shape index (κ3) is 3.79. The number of sulfone groups is 1. The molecule has 5 nitrogen and oxygen atoms in total. The highest BCUT2D eigenvalue weighted by atomic mass is 32.2. The molecule has 0 amide bonds. The van der Waals surface area contributed by atoms with Gasteiger partial charge >= 0.3 is 0 Å². The van der Waals surface area contributed by atoms with Crippen molar-refractivity contribution in [1.29, 1.82) is 0 Å². The van der Waals surface area contributed by atoms with E-state index in [-0.39, 0.29) is 18.1 Å². The van der Waals surface area contributed by atoms with Gasteiger partial charge in [-0.25, -0.2) is 8.42 Å². The Balaban J connectivity index is 1.95. The van der Waals surface area contributed by atoms with Crippen LogP contribution in [0.1, 0.15) is 12.0 Å². The van der Waals surface area contributed by atoms with Crippen LogP contribution in [-0.2, 0) is 15.4 Å². The van der Waals surface area contributed by atoms with Crippen molar-refractivity contribution in [3.8, 4) is 0 Å². The van der Waals surface area contributed by atoms with Gasteiger partial charge < -0.3 is 15.7 Å². The molecule has 0 radical (unpaired) electrons. The second-order valence-corrected chi connectivity index (χ2v) is 7.65. The largest absolute Gasteiger partial charge is 0.384 e. The monoisotopic (exact) mass is 298 g/mol. The first-order valence-corrected chi connectivity index (χ1v) is 8.68. The van der Waals surface area contributed by atoms with Crippen LogP contribution in [-0.4, -0.2) is 56.1 Å². The van der Waals surface area contributed by atoms with Gasteiger partial charge in [0.1, 0.15) is 5.60 Å². The lowest BCUT2D eigenvalue weighted by Crippen LogP contribution is -2.44. The molecule has 1 aliphatic rings. The van der Waals surface area contributed by atoms with Crippen molar-refractivity contribution in [2.24, 2.45) is 5.73 Å². The first-order chi connectivity index (χ1) is 9.45. The van der Waals surface area contributed by atoms with Crippen LogP contribution in [0, 0.1) is 0 Å². The van der Waals surface area contributed by atoms with Gasteiger partial charge in [0.05, 0.1) is 11.5 Å². The smallest absolute Gasteiger partial charge is 0.152 e. The van der Waals surface area contributed by atoms with Gasteiger partial charge in [0, 0.05) is 26.2 Å². The summed E-state index contributed by atoms with van der Waals surface area (Å²) in [6.07, 6.45) is 0.508. The maximum absolute atomic E-state index is 11.4. The van der Waals surface area contributed by atoms with Crippen molar-refractivity contribution in [2.75, 3.05) is 37.7 Å². The predicted octanol–water partition coefficient (Wildman–Crippen LogP) is -0.0466. The molecular weight excluding hydrogens is 276 g/mol. The lowest BCUT2D eigenvalue weighted by molar-refractivity contribution is 0.0265. The zero-order valence-corrected chi connectivity index (χ0v) is 12.3. The van der Waals surface area contributed by atoms with E-state index in [1.54, 1.807) is 0 Å². The molecule has 1 saturated heterocycles. The molecule has 1 aromatic rings. The van der Waals surface area contributed by atoms with Crippen molar-refractivity contribution in [2.45, 2.75) is 12.0 Å². The Morgan fingerprint density at radius 2 is 1.80 bits per heavy atom. The van der Waals surface area contributed by atoms with Crippen LogP contribution >= 0.6 is 0 Å². The Hall–Kier alpha value is -0.950. The summed E-state index contributed by atoms with van der Waals surface area (Å²) in [5.74, 6) is 0.415. The summed E-state index contributed by atoms with van der Waals surface area (Å²) in [6.45, 7) is 1.89. The van der Waals surface area contributed by atoms with E-state index in [2.05, 4.69) is 4.90 Å². The molecule has 0 spiro atoms. The van der Waals surface area contributed by atoms with Gasteiger partial charge in [-0.3, -0.25) is 0 Å². The van der Waals surface area contributed by atoms with E-state index in [9.17, 15) is 13.5 Å². The van der Waals surface area contributed by atoms with Crippen molar-refractivity contribution in [3.05, 3.63) is 35.9 Å². The van der Waals surface area contributed by atoms with E-state index >= 15 is 0 Å². The molecule has 0 bridgehead atoms. The second kappa shape index (κ2) is 6.22. The number of hydrogen-bond donors (Lipinski definition) is 2. The van der Waals surface area contributed by atoms with Gasteiger partial charge in [-0.15, -0.1) is 0 Å². The third-order valence-electron chi connectivity index (χ3n) is 3.93. The van der Waals surface area contributed by atoms with Gasteiger partial charge in [0.2, 0.25) is 0 Å². The van der Waals surface area contributed by atoms with Gasteiger partial charge in [0.25, 0.3) is 0 Å². The normalized spacial score (nSPS) is 22.3. The summed E-state index contributed by atoms with van der Waals surface area (Å²) < 4.78 is 22.8. The lowest BCUT2D eigenvalue weighted by atomic mass is 9.90. The topological polar surface area (TPSA) is 83.6 Å². The molecule has 0 saturated carbocycles. The van der Waals surface area contributed by atoms with Crippen LogP contribution in [0.15, 0.2) is 30.3 Å². The van der Waals surface area contributed by atoms with E-state index in [0.717, 1.165) is 5.56 Å². The molecule has 1 fully saturated rings. The first kappa shape index (κ1) is 15.4. The zero-order valence-electron chi connectivity index (χ0n) is 11.5. The summed E-state index contributed by atoms with van der Waals surface area (Å²) in [7, 11) is -2.86. The van der Waals surface area contributed by atoms with E-state index < -0.39 is 15.4 Å². The standard InChI is InChI=1S/C14H22N2O3S/c15-12-14(17,13-4-2-1-3-5-13)6-7-16-8-10-20(18,19)11-9-16/h1-5,17H,6-12,15H2. The van der Waals surface area contributed by atoms with Crippen molar-refractivity contribution < 1.29 is 13.5 Å². The molecule has 3 N–H and O–H groups in total. The van der Waals surface area contributed by atoms with Gasteiger partial charge in [-0.05, 0) is 12.0 Å². The fourth-order valence-electron chi connectivity index (χ4n) is 2.43. The lowest BCUT2D eigenvalue weighted by Gasteiger charge is -2.32. The average molecular weight is 298 g/mol. The summed E-state index contributed by atoms with van der Waals surface area (Å²) in [6, 6.07) is 9.39. The molecule has 0 aliphatic carbocycles. The number of nitrogens with zero attached hydrogens (tertiary/aromatic N) is 1. The molecule has 2 rings (SSSR count). The molecular formula is C14H22N2O3S. The minimum Gasteiger partial charge on any atom is -0.384 e. The third-order valence-corrected chi connectivity index (χ3v) is 5.54. The molecule has 0 aromatic heterocycles. The highest BCUT2D eigenvalue weighted by Crippen LogP contribution is 2.24. The number of nitrogens with two attached hydrogens (primary N) is 1. The van der Waals surface area contributed by atoms with Gasteiger partial charge in [-0.2, -0.15) is 0 Å². The molecule has 1 atom stereocenters. The van der Waals surface area contributed by atoms with E-state index in [0.29, 0.717) is 26.1 Å². The summed E-state index contributed by atoms with van der Waals surface area (Å²) in [4.78, 5) is 2.07. The van der Waals surface area contributed by atoms with Crippen molar-refractivity contribution in [3.63, 3.8) is 0 Å². The fourth-order valence-corrected chi connectivity index (χ4v) is 3.71. The van der Waals surface area contributed by atoms with Crippen LogP contribution in [0.3, 0.4) is 0 Å². The van der Waals surface area contributed by atoms with Crippen LogP contribution in [0.25, 0.3) is 0 Å². The Morgan fingerprint density at radius 3 is 2.35 bits per heavy atom. The van der Waals surface area contributed by atoms with Gasteiger partial charge in [-0.1, -0.05) is 30.3 Å². The quantitative estimate of drug-likeness (QED) is 0.796. The first-order valence-electron chi connectivity index (χ1n) is 6.86. The minimum absolute atomic E-state index is 0.156.